The van der Waals surface area contributed by atoms with Gasteiger partial charge in [-0.1, -0.05) is 6.92 Å². The number of carbonyl (C=O) groups excluding carboxylic acids is 1. The molecule has 0 bridgehead atoms. The molecule has 2 N–H and O–H groups in total. The molecule has 0 aromatic carbocycles. The standard InChI is InChI=1S/C8H16N2O3S/c1-2-3-8(11)10(9)7-4-5-14(12,13)6-7/h7H,2-6,9H2,1H3. The van der Waals surface area contributed by atoms with Gasteiger partial charge in [0.25, 0.3) is 0 Å². The lowest BCUT2D eigenvalue weighted by Gasteiger charge is -2.22. The molecule has 0 aromatic rings. The molecule has 1 atom stereocenters. The van der Waals surface area contributed by atoms with Gasteiger partial charge < -0.3 is 0 Å². The van der Waals surface area contributed by atoms with Crippen LogP contribution < -0.4 is 5.84 Å². The van der Waals surface area contributed by atoms with E-state index in [1.807, 2.05) is 6.92 Å². The zero-order valence-corrected chi connectivity index (χ0v) is 9.09. The summed E-state index contributed by atoms with van der Waals surface area (Å²) in [6.07, 6.45) is 1.58. The second-order valence-corrected chi connectivity index (χ2v) is 5.84. The molecule has 1 fully saturated rings. The molecule has 5 nitrogen and oxygen atoms in total. The van der Waals surface area contributed by atoms with Crippen LogP contribution in [0.3, 0.4) is 0 Å². The summed E-state index contributed by atoms with van der Waals surface area (Å²) in [6, 6.07) is -0.320. The SMILES string of the molecule is CCCC(=O)N(N)C1CCS(=O)(=O)C1. The lowest BCUT2D eigenvalue weighted by Crippen LogP contribution is -2.46. The monoisotopic (exact) mass is 220 g/mol. The first-order valence-electron chi connectivity index (χ1n) is 4.73. The second kappa shape index (κ2) is 4.27. The Morgan fingerprint density at radius 1 is 1.57 bits per heavy atom. The number of rotatable bonds is 3. The van der Waals surface area contributed by atoms with Crippen LogP contribution in [0.2, 0.25) is 0 Å². The molecule has 1 heterocycles. The highest BCUT2D eigenvalue weighted by Crippen LogP contribution is 2.16. The van der Waals surface area contributed by atoms with Crippen LogP contribution in [-0.4, -0.2) is 36.9 Å². The molecule has 1 amide bonds. The molecule has 1 unspecified atom stereocenters. The molecular weight excluding hydrogens is 204 g/mol. The summed E-state index contributed by atoms with van der Waals surface area (Å²) >= 11 is 0. The number of hydrazine groups is 1. The van der Waals surface area contributed by atoms with Crippen molar-refractivity contribution in [3.8, 4) is 0 Å². The predicted molar refractivity (Wildman–Crippen MR) is 53.0 cm³/mol. The van der Waals surface area contributed by atoms with Crippen molar-refractivity contribution in [2.75, 3.05) is 11.5 Å². The van der Waals surface area contributed by atoms with Crippen molar-refractivity contribution in [2.24, 2.45) is 5.84 Å². The molecule has 1 rings (SSSR count). The first kappa shape index (κ1) is 11.5. The van der Waals surface area contributed by atoms with Crippen LogP contribution in [0.15, 0.2) is 0 Å². The van der Waals surface area contributed by atoms with Crippen LogP contribution in [0.5, 0.6) is 0 Å². The normalized spacial score (nSPS) is 24.9. The summed E-state index contributed by atoms with van der Waals surface area (Å²) < 4.78 is 22.3. The number of amides is 1. The van der Waals surface area contributed by atoms with Crippen molar-refractivity contribution < 1.29 is 13.2 Å². The van der Waals surface area contributed by atoms with E-state index in [1.54, 1.807) is 0 Å². The van der Waals surface area contributed by atoms with Crippen molar-refractivity contribution in [1.82, 2.24) is 5.01 Å². The maximum absolute atomic E-state index is 11.3. The fourth-order valence-corrected chi connectivity index (χ4v) is 3.25. The first-order chi connectivity index (χ1) is 6.46. The van der Waals surface area contributed by atoms with Crippen LogP contribution in [-0.2, 0) is 14.6 Å². The summed E-state index contributed by atoms with van der Waals surface area (Å²) in [4.78, 5) is 11.3. The quantitative estimate of drug-likeness (QED) is 0.401. The highest BCUT2D eigenvalue weighted by atomic mass is 32.2. The van der Waals surface area contributed by atoms with E-state index in [4.69, 9.17) is 5.84 Å². The molecule has 0 aromatic heterocycles. The van der Waals surface area contributed by atoms with E-state index < -0.39 is 9.84 Å². The van der Waals surface area contributed by atoms with E-state index >= 15 is 0 Å². The number of nitrogens with zero attached hydrogens (tertiary/aromatic N) is 1. The Hall–Kier alpha value is -0.620. The van der Waals surface area contributed by atoms with Gasteiger partial charge in [0.15, 0.2) is 9.84 Å². The summed E-state index contributed by atoms with van der Waals surface area (Å²) in [5, 5.41) is 1.09. The molecule has 82 valence electrons. The topological polar surface area (TPSA) is 80.5 Å². The fraction of sp³-hybridized carbons (Fsp3) is 0.875. The number of sulfone groups is 1. The average molecular weight is 220 g/mol. The lowest BCUT2D eigenvalue weighted by atomic mass is 10.2. The first-order valence-corrected chi connectivity index (χ1v) is 6.55. The van der Waals surface area contributed by atoms with Crippen molar-refractivity contribution in [3.63, 3.8) is 0 Å². The molecule has 14 heavy (non-hydrogen) atoms. The van der Waals surface area contributed by atoms with Gasteiger partial charge in [-0.25, -0.2) is 14.3 Å². The Bertz CT molecular complexity index is 313. The molecule has 1 aliphatic rings. The van der Waals surface area contributed by atoms with Crippen LogP contribution in [0.1, 0.15) is 26.2 Å². The predicted octanol–water partition coefficient (Wildman–Crippen LogP) is -0.324. The summed E-state index contributed by atoms with van der Waals surface area (Å²) in [5.74, 6) is 5.53. The second-order valence-electron chi connectivity index (χ2n) is 3.61. The van der Waals surface area contributed by atoms with E-state index in [0.29, 0.717) is 12.8 Å². The van der Waals surface area contributed by atoms with Gasteiger partial charge in [0.05, 0.1) is 17.5 Å². The Kier molecular flexibility index (Phi) is 3.49. The van der Waals surface area contributed by atoms with Crippen molar-refractivity contribution in [3.05, 3.63) is 0 Å². The summed E-state index contributed by atoms with van der Waals surface area (Å²) in [7, 11) is -2.96. The Morgan fingerprint density at radius 2 is 2.21 bits per heavy atom. The molecule has 6 heteroatoms. The van der Waals surface area contributed by atoms with Crippen LogP contribution >= 0.6 is 0 Å². The Labute approximate surface area is 84.1 Å². The third kappa shape index (κ3) is 2.68. The Morgan fingerprint density at radius 3 is 2.64 bits per heavy atom. The zero-order valence-electron chi connectivity index (χ0n) is 8.27. The lowest BCUT2D eigenvalue weighted by molar-refractivity contribution is -0.133. The minimum Gasteiger partial charge on any atom is -0.277 e. The minimum absolute atomic E-state index is 0.0129. The zero-order chi connectivity index (χ0) is 10.8. The van der Waals surface area contributed by atoms with Gasteiger partial charge >= 0.3 is 0 Å². The van der Waals surface area contributed by atoms with Crippen molar-refractivity contribution >= 4 is 15.7 Å². The average Bonchev–Trinajstić information content (AvgIpc) is 2.45. The van der Waals surface area contributed by atoms with E-state index in [0.717, 1.165) is 11.4 Å². The molecule has 1 saturated heterocycles. The van der Waals surface area contributed by atoms with E-state index in [2.05, 4.69) is 0 Å². The smallest absolute Gasteiger partial charge is 0.236 e. The van der Waals surface area contributed by atoms with Gasteiger partial charge in [0.1, 0.15) is 0 Å². The van der Waals surface area contributed by atoms with Gasteiger partial charge in [0, 0.05) is 6.42 Å². The van der Waals surface area contributed by atoms with Crippen LogP contribution in [0.25, 0.3) is 0 Å². The molecule has 0 radical (unpaired) electrons. The summed E-state index contributed by atoms with van der Waals surface area (Å²) in [5.41, 5.74) is 0. The van der Waals surface area contributed by atoms with Gasteiger partial charge in [0.2, 0.25) is 5.91 Å². The van der Waals surface area contributed by atoms with Gasteiger partial charge in [-0.2, -0.15) is 0 Å². The van der Waals surface area contributed by atoms with E-state index in [1.165, 1.54) is 0 Å². The largest absolute Gasteiger partial charge is 0.277 e. The van der Waals surface area contributed by atoms with E-state index in [-0.39, 0.29) is 23.5 Å². The molecule has 0 aliphatic carbocycles. The highest BCUT2D eigenvalue weighted by Gasteiger charge is 2.32. The molecular formula is C8H16N2O3S. The Balaban J connectivity index is 2.55. The van der Waals surface area contributed by atoms with Crippen molar-refractivity contribution in [1.29, 1.82) is 0 Å². The highest BCUT2D eigenvalue weighted by molar-refractivity contribution is 7.91. The number of hydrogen-bond acceptors (Lipinski definition) is 4. The van der Waals surface area contributed by atoms with Crippen LogP contribution in [0, 0.1) is 0 Å². The third-order valence-electron chi connectivity index (χ3n) is 2.35. The third-order valence-corrected chi connectivity index (χ3v) is 4.10. The number of hydrogen-bond donors (Lipinski definition) is 1. The molecule has 0 spiro atoms. The van der Waals surface area contributed by atoms with Gasteiger partial charge in [-0.3, -0.25) is 9.80 Å². The van der Waals surface area contributed by atoms with Crippen LogP contribution in [0.4, 0.5) is 0 Å². The maximum Gasteiger partial charge on any atom is 0.236 e. The molecule has 0 saturated carbocycles. The van der Waals surface area contributed by atoms with Gasteiger partial charge in [-0.15, -0.1) is 0 Å². The summed E-state index contributed by atoms with van der Waals surface area (Å²) in [6.45, 7) is 1.89. The molecule has 1 aliphatic heterocycles. The minimum atomic E-state index is -2.96. The fourth-order valence-electron chi connectivity index (χ4n) is 1.54. The van der Waals surface area contributed by atoms with E-state index in [9.17, 15) is 13.2 Å². The maximum atomic E-state index is 11.3. The van der Waals surface area contributed by atoms with Crippen molar-refractivity contribution in [2.45, 2.75) is 32.2 Å². The number of nitrogens with two attached hydrogens (primary N) is 1. The number of carbonyl (C=O) groups is 1. The van der Waals surface area contributed by atoms with Gasteiger partial charge in [-0.05, 0) is 12.8 Å².